The molecule has 0 saturated heterocycles. The zero-order valence-corrected chi connectivity index (χ0v) is 9.52. The van der Waals surface area contributed by atoms with Gasteiger partial charge < -0.3 is 11.1 Å². The molecule has 0 aliphatic carbocycles. The zero-order valence-electron chi connectivity index (χ0n) is 9.52. The monoisotopic (exact) mass is 192 g/mol. The van der Waals surface area contributed by atoms with Crippen LogP contribution in [0, 0.1) is 13.8 Å². The highest BCUT2D eigenvalue weighted by Crippen LogP contribution is 2.16. The maximum absolute atomic E-state index is 5.43. The fraction of sp³-hybridized carbons (Fsp3) is 0.333. The van der Waals surface area contributed by atoms with Gasteiger partial charge in [-0.2, -0.15) is 0 Å². The third-order valence-corrected chi connectivity index (χ3v) is 1.68. The van der Waals surface area contributed by atoms with Crippen molar-refractivity contribution in [1.82, 2.24) is 0 Å². The lowest BCUT2D eigenvalue weighted by Gasteiger charge is -2.08. The fourth-order valence-corrected chi connectivity index (χ4v) is 1.13. The summed E-state index contributed by atoms with van der Waals surface area (Å²) in [6.45, 7) is 11.7. The molecule has 0 amide bonds. The Morgan fingerprint density at radius 3 is 2.29 bits per heavy atom. The van der Waals surface area contributed by atoms with E-state index in [0.29, 0.717) is 5.82 Å². The summed E-state index contributed by atoms with van der Waals surface area (Å²) in [5.74, 6) is 0.474. The topological polar surface area (TPSA) is 38.0 Å². The van der Waals surface area contributed by atoms with Gasteiger partial charge in [0.25, 0.3) is 0 Å². The van der Waals surface area contributed by atoms with E-state index in [4.69, 9.17) is 5.73 Å². The number of benzene rings is 1. The zero-order chi connectivity index (χ0) is 11.1. The summed E-state index contributed by atoms with van der Waals surface area (Å²) >= 11 is 0. The Kier molecular flexibility index (Phi) is 5.46. The molecule has 2 heteroatoms. The first kappa shape index (κ1) is 12.6. The SMILES string of the molecule is C=C(N)Nc1ccc(C)cc1C.CC. The second kappa shape index (κ2) is 6.08. The molecule has 0 fully saturated rings. The highest BCUT2D eigenvalue weighted by molar-refractivity contribution is 5.54. The molecule has 0 radical (unpaired) electrons. The van der Waals surface area contributed by atoms with E-state index in [9.17, 15) is 0 Å². The van der Waals surface area contributed by atoms with Crippen molar-refractivity contribution in [3.05, 3.63) is 41.7 Å². The summed E-state index contributed by atoms with van der Waals surface area (Å²) < 4.78 is 0. The molecule has 1 rings (SSSR count). The van der Waals surface area contributed by atoms with E-state index in [-0.39, 0.29) is 0 Å². The van der Waals surface area contributed by atoms with E-state index < -0.39 is 0 Å². The average Bonchev–Trinajstić information content (AvgIpc) is 2.13. The molecule has 0 aliphatic heterocycles. The van der Waals surface area contributed by atoms with Gasteiger partial charge in [0.2, 0.25) is 0 Å². The Hall–Kier alpha value is -1.44. The van der Waals surface area contributed by atoms with Gasteiger partial charge in [-0.05, 0) is 25.5 Å². The lowest BCUT2D eigenvalue weighted by molar-refractivity contribution is 1.29. The number of hydrogen-bond donors (Lipinski definition) is 2. The van der Waals surface area contributed by atoms with Gasteiger partial charge in [0, 0.05) is 5.69 Å². The first-order chi connectivity index (χ1) is 6.59. The normalized spacial score (nSPS) is 8.57. The van der Waals surface area contributed by atoms with Crippen LogP contribution in [-0.4, -0.2) is 0 Å². The summed E-state index contributed by atoms with van der Waals surface area (Å²) in [5.41, 5.74) is 8.88. The first-order valence-corrected chi connectivity index (χ1v) is 4.88. The van der Waals surface area contributed by atoms with Crippen molar-refractivity contribution in [2.75, 3.05) is 5.32 Å². The molecule has 3 N–H and O–H groups in total. The van der Waals surface area contributed by atoms with Gasteiger partial charge in [-0.3, -0.25) is 0 Å². The van der Waals surface area contributed by atoms with Crippen molar-refractivity contribution in [1.29, 1.82) is 0 Å². The molecule has 78 valence electrons. The Morgan fingerprint density at radius 2 is 1.86 bits per heavy atom. The lowest BCUT2D eigenvalue weighted by atomic mass is 10.1. The maximum atomic E-state index is 5.43. The van der Waals surface area contributed by atoms with E-state index in [1.54, 1.807) is 0 Å². The second-order valence-electron chi connectivity index (χ2n) is 2.97. The Bertz CT molecular complexity index is 303. The van der Waals surface area contributed by atoms with E-state index in [1.165, 1.54) is 11.1 Å². The molecular formula is C12H20N2. The summed E-state index contributed by atoms with van der Waals surface area (Å²) in [4.78, 5) is 0. The number of aryl methyl sites for hydroxylation is 2. The van der Waals surface area contributed by atoms with Gasteiger partial charge in [-0.1, -0.05) is 38.1 Å². The van der Waals surface area contributed by atoms with Crippen molar-refractivity contribution >= 4 is 5.69 Å². The molecule has 0 atom stereocenters. The molecule has 0 aromatic heterocycles. The predicted molar refractivity (Wildman–Crippen MR) is 64.2 cm³/mol. The molecule has 0 bridgehead atoms. The molecule has 1 aromatic carbocycles. The smallest absolute Gasteiger partial charge is 0.0930 e. The van der Waals surface area contributed by atoms with Gasteiger partial charge in [-0.15, -0.1) is 0 Å². The van der Waals surface area contributed by atoms with Crippen molar-refractivity contribution in [3.63, 3.8) is 0 Å². The minimum absolute atomic E-state index is 0.474. The Balaban J connectivity index is 0.000000791. The number of anilines is 1. The molecule has 14 heavy (non-hydrogen) atoms. The van der Waals surface area contributed by atoms with E-state index >= 15 is 0 Å². The van der Waals surface area contributed by atoms with Crippen LogP contribution in [0.25, 0.3) is 0 Å². The van der Waals surface area contributed by atoms with Crippen LogP contribution in [-0.2, 0) is 0 Å². The second-order valence-corrected chi connectivity index (χ2v) is 2.97. The first-order valence-electron chi connectivity index (χ1n) is 4.88. The molecule has 2 nitrogen and oxygen atoms in total. The van der Waals surface area contributed by atoms with Crippen LogP contribution in [0.1, 0.15) is 25.0 Å². The van der Waals surface area contributed by atoms with Crippen LogP contribution >= 0.6 is 0 Å². The fourth-order valence-electron chi connectivity index (χ4n) is 1.13. The molecular weight excluding hydrogens is 172 g/mol. The highest BCUT2D eigenvalue weighted by Gasteiger charge is 1.96. The summed E-state index contributed by atoms with van der Waals surface area (Å²) in [6.07, 6.45) is 0. The maximum Gasteiger partial charge on any atom is 0.0930 e. The lowest BCUT2D eigenvalue weighted by Crippen LogP contribution is -2.07. The van der Waals surface area contributed by atoms with Gasteiger partial charge in [0.1, 0.15) is 0 Å². The Morgan fingerprint density at radius 1 is 1.29 bits per heavy atom. The van der Waals surface area contributed by atoms with Crippen molar-refractivity contribution in [3.8, 4) is 0 Å². The van der Waals surface area contributed by atoms with Gasteiger partial charge >= 0.3 is 0 Å². The van der Waals surface area contributed by atoms with Crippen LogP contribution < -0.4 is 11.1 Å². The third-order valence-electron chi connectivity index (χ3n) is 1.68. The van der Waals surface area contributed by atoms with Gasteiger partial charge in [0.15, 0.2) is 0 Å². The standard InChI is InChI=1S/C10H14N2.C2H6/c1-7-4-5-10(8(2)6-7)12-9(3)11;1-2/h4-6,12H,3,11H2,1-2H3;1-2H3. The molecule has 0 spiro atoms. The number of nitrogens with two attached hydrogens (primary N) is 1. The molecule has 0 saturated carbocycles. The van der Waals surface area contributed by atoms with E-state index in [1.807, 2.05) is 32.9 Å². The van der Waals surface area contributed by atoms with Gasteiger partial charge in [-0.25, -0.2) is 0 Å². The predicted octanol–water partition coefficient (Wildman–Crippen LogP) is 3.17. The van der Waals surface area contributed by atoms with E-state index in [2.05, 4.69) is 24.9 Å². The average molecular weight is 192 g/mol. The summed E-state index contributed by atoms with van der Waals surface area (Å²) in [6, 6.07) is 6.15. The minimum atomic E-state index is 0.474. The van der Waals surface area contributed by atoms with E-state index in [0.717, 1.165) is 5.69 Å². The number of rotatable bonds is 2. The largest absolute Gasteiger partial charge is 0.386 e. The van der Waals surface area contributed by atoms with Crippen LogP contribution in [0.15, 0.2) is 30.6 Å². The summed E-state index contributed by atoms with van der Waals surface area (Å²) in [5, 5.41) is 2.98. The van der Waals surface area contributed by atoms with Crippen LogP contribution in [0.5, 0.6) is 0 Å². The van der Waals surface area contributed by atoms with Gasteiger partial charge in [0.05, 0.1) is 5.82 Å². The molecule has 0 unspecified atom stereocenters. The molecule has 1 aromatic rings. The van der Waals surface area contributed by atoms with Crippen molar-refractivity contribution in [2.24, 2.45) is 5.73 Å². The highest BCUT2D eigenvalue weighted by atomic mass is 15.0. The third kappa shape index (κ3) is 3.99. The Labute approximate surface area is 86.8 Å². The molecule has 0 heterocycles. The van der Waals surface area contributed by atoms with Crippen molar-refractivity contribution in [2.45, 2.75) is 27.7 Å². The van der Waals surface area contributed by atoms with Crippen LogP contribution in [0.3, 0.4) is 0 Å². The van der Waals surface area contributed by atoms with Crippen LogP contribution in [0.2, 0.25) is 0 Å². The number of nitrogens with one attached hydrogen (secondary N) is 1. The minimum Gasteiger partial charge on any atom is -0.386 e. The van der Waals surface area contributed by atoms with Crippen LogP contribution in [0.4, 0.5) is 5.69 Å². The quantitative estimate of drug-likeness (QED) is 0.755. The number of hydrogen-bond acceptors (Lipinski definition) is 2. The summed E-state index contributed by atoms with van der Waals surface area (Å²) in [7, 11) is 0. The molecule has 0 aliphatic rings. The van der Waals surface area contributed by atoms with Crippen molar-refractivity contribution < 1.29 is 0 Å².